The zero-order valence-electron chi connectivity index (χ0n) is 17.6. The molecule has 1 aliphatic rings. The van der Waals surface area contributed by atoms with Gasteiger partial charge in [0.15, 0.2) is 11.5 Å². The van der Waals surface area contributed by atoms with Crippen molar-refractivity contribution in [1.29, 1.82) is 0 Å². The number of nitrogens with zero attached hydrogens (tertiary/aromatic N) is 3. The van der Waals surface area contributed by atoms with E-state index >= 15 is 0 Å². The second kappa shape index (κ2) is 10.6. The molecule has 1 aromatic carbocycles. The minimum atomic E-state index is 0.293. The molecule has 1 saturated heterocycles. The quantitative estimate of drug-likeness (QED) is 0.470. The average molecular weight is 419 g/mol. The third-order valence-electron chi connectivity index (χ3n) is 5.16. The molecule has 1 aromatic heterocycles. The van der Waals surface area contributed by atoms with Gasteiger partial charge in [0, 0.05) is 37.4 Å². The number of hydrogen-bond donors (Lipinski definition) is 1. The number of nitrogens with one attached hydrogen (secondary N) is 1. The van der Waals surface area contributed by atoms with Crippen molar-refractivity contribution in [2.24, 2.45) is 0 Å². The Labute approximate surface area is 178 Å². The van der Waals surface area contributed by atoms with Crippen LogP contribution in [0.2, 0.25) is 5.28 Å². The lowest BCUT2D eigenvalue weighted by Gasteiger charge is -2.32. The maximum Gasteiger partial charge on any atom is 0.224 e. The summed E-state index contributed by atoms with van der Waals surface area (Å²) in [5.74, 6) is 2.45. The number of ether oxygens (including phenoxy) is 2. The van der Waals surface area contributed by atoms with Gasteiger partial charge in [-0.2, -0.15) is 0 Å². The highest BCUT2D eigenvalue weighted by atomic mass is 35.5. The van der Waals surface area contributed by atoms with Crippen LogP contribution in [0, 0.1) is 6.92 Å². The van der Waals surface area contributed by atoms with E-state index in [4.69, 9.17) is 21.1 Å². The summed E-state index contributed by atoms with van der Waals surface area (Å²) in [6.45, 7) is 7.80. The number of aryl methyl sites for hydroxylation is 1. The van der Waals surface area contributed by atoms with Gasteiger partial charge in [0.25, 0.3) is 0 Å². The number of piperidine rings is 1. The molecule has 0 spiro atoms. The Morgan fingerprint density at radius 3 is 2.66 bits per heavy atom. The fraction of sp³-hybridized carbons (Fsp3) is 0.545. The minimum absolute atomic E-state index is 0.293. The van der Waals surface area contributed by atoms with E-state index in [-0.39, 0.29) is 0 Å². The van der Waals surface area contributed by atoms with Crippen molar-refractivity contribution in [3.8, 4) is 11.5 Å². The van der Waals surface area contributed by atoms with Crippen LogP contribution in [0.1, 0.15) is 43.9 Å². The van der Waals surface area contributed by atoms with Crippen LogP contribution in [0.5, 0.6) is 11.5 Å². The second-order valence-corrected chi connectivity index (χ2v) is 7.88. The summed E-state index contributed by atoms with van der Waals surface area (Å²) in [4.78, 5) is 10.9. The average Bonchev–Trinajstić information content (AvgIpc) is 2.69. The maximum absolute atomic E-state index is 5.97. The van der Waals surface area contributed by atoms with E-state index in [1.165, 1.54) is 5.56 Å². The Kier molecular flexibility index (Phi) is 7.95. The van der Waals surface area contributed by atoms with Crippen molar-refractivity contribution in [3.63, 3.8) is 0 Å². The molecule has 158 valence electrons. The number of halogens is 1. The highest BCUT2D eigenvalue weighted by Gasteiger charge is 2.20. The van der Waals surface area contributed by atoms with Crippen molar-refractivity contribution >= 4 is 17.4 Å². The van der Waals surface area contributed by atoms with E-state index in [0.29, 0.717) is 11.3 Å². The van der Waals surface area contributed by atoms with Crippen LogP contribution in [-0.4, -0.2) is 47.7 Å². The first-order chi connectivity index (χ1) is 14.1. The second-order valence-electron chi connectivity index (χ2n) is 7.55. The monoisotopic (exact) mass is 418 g/mol. The molecule has 3 rings (SSSR count). The largest absolute Gasteiger partial charge is 0.493 e. The molecule has 6 nitrogen and oxygen atoms in total. The molecule has 2 heterocycles. The molecule has 0 aliphatic carbocycles. The lowest BCUT2D eigenvalue weighted by Crippen LogP contribution is -2.38. The number of aromatic nitrogens is 2. The Hall–Kier alpha value is -2.05. The molecule has 0 atom stereocenters. The number of hydrogen-bond acceptors (Lipinski definition) is 6. The fourth-order valence-corrected chi connectivity index (χ4v) is 3.79. The lowest BCUT2D eigenvalue weighted by atomic mass is 10.0. The molecule has 1 fully saturated rings. The lowest BCUT2D eigenvalue weighted by molar-refractivity contribution is 0.210. The highest BCUT2D eigenvalue weighted by Crippen LogP contribution is 2.29. The van der Waals surface area contributed by atoms with Crippen LogP contribution in [0.4, 0.5) is 5.82 Å². The van der Waals surface area contributed by atoms with E-state index in [1.807, 2.05) is 19.1 Å². The van der Waals surface area contributed by atoms with Gasteiger partial charge in [-0.05, 0) is 55.5 Å². The van der Waals surface area contributed by atoms with Crippen molar-refractivity contribution in [2.75, 3.05) is 32.1 Å². The van der Waals surface area contributed by atoms with Crippen molar-refractivity contribution in [1.82, 2.24) is 14.9 Å². The molecular weight excluding hydrogens is 388 g/mol. The van der Waals surface area contributed by atoms with Crippen LogP contribution >= 0.6 is 11.6 Å². The summed E-state index contributed by atoms with van der Waals surface area (Å²) in [5, 5.41) is 3.79. The molecular formula is C22H31ClN4O2. The third kappa shape index (κ3) is 6.47. The number of rotatable bonds is 9. The number of benzene rings is 1. The Morgan fingerprint density at radius 1 is 1.17 bits per heavy atom. The summed E-state index contributed by atoms with van der Waals surface area (Å²) < 4.78 is 11.4. The first-order valence-corrected chi connectivity index (χ1v) is 10.7. The van der Waals surface area contributed by atoms with Gasteiger partial charge >= 0.3 is 0 Å². The summed E-state index contributed by atoms with van der Waals surface area (Å²) in [5.41, 5.74) is 2.13. The van der Waals surface area contributed by atoms with E-state index in [9.17, 15) is 0 Å². The standard InChI is InChI=1S/C22H31ClN4O2/c1-4-5-12-29-20-14-17(6-7-19(20)28-3)15-27-10-8-18(9-11-27)25-21-13-16(2)24-22(23)26-21/h6-7,13-14,18H,4-5,8-12,15H2,1-3H3,(H,24,25,26). The third-order valence-corrected chi connectivity index (χ3v) is 5.33. The van der Waals surface area contributed by atoms with Gasteiger partial charge in [-0.1, -0.05) is 19.4 Å². The van der Waals surface area contributed by atoms with Gasteiger partial charge < -0.3 is 14.8 Å². The maximum atomic E-state index is 5.97. The van der Waals surface area contributed by atoms with Gasteiger partial charge in [0.1, 0.15) is 5.82 Å². The smallest absolute Gasteiger partial charge is 0.224 e. The van der Waals surface area contributed by atoms with Crippen molar-refractivity contribution in [3.05, 3.63) is 40.8 Å². The van der Waals surface area contributed by atoms with Crippen molar-refractivity contribution < 1.29 is 9.47 Å². The Morgan fingerprint density at radius 2 is 1.97 bits per heavy atom. The summed E-state index contributed by atoms with van der Waals surface area (Å²) >= 11 is 5.97. The zero-order valence-corrected chi connectivity index (χ0v) is 18.3. The van der Waals surface area contributed by atoms with Gasteiger partial charge in [-0.15, -0.1) is 0 Å². The zero-order chi connectivity index (χ0) is 20.6. The number of anilines is 1. The van der Waals surface area contributed by atoms with Gasteiger partial charge in [0.2, 0.25) is 5.28 Å². The molecule has 0 unspecified atom stereocenters. The molecule has 7 heteroatoms. The Balaban J connectivity index is 1.52. The van der Waals surface area contributed by atoms with Crippen LogP contribution in [0.15, 0.2) is 24.3 Å². The number of methoxy groups -OCH3 is 1. The molecule has 0 bridgehead atoms. The first kappa shape index (κ1) is 21.7. The molecule has 0 saturated carbocycles. The SMILES string of the molecule is CCCCOc1cc(CN2CCC(Nc3cc(C)nc(Cl)n3)CC2)ccc1OC. The van der Waals surface area contributed by atoms with E-state index < -0.39 is 0 Å². The van der Waals surface area contributed by atoms with Gasteiger partial charge in [-0.25, -0.2) is 9.97 Å². The fourth-order valence-electron chi connectivity index (χ4n) is 3.57. The molecule has 1 aliphatic heterocycles. The number of unbranched alkanes of at least 4 members (excludes halogenated alkanes) is 1. The molecule has 0 amide bonds. The Bertz CT molecular complexity index is 774. The molecule has 2 aromatic rings. The highest BCUT2D eigenvalue weighted by molar-refractivity contribution is 6.28. The summed E-state index contributed by atoms with van der Waals surface area (Å²) in [7, 11) is 1.69. The predicted molar refractivity (Wildman–Crippen MR) is 117 cm³/mol. The topological polar surface area (TPSA) is 59.5 Å². The van der Waals surface area contributed by atoms with E-state index in [0.717, 1.165) is 74.9 Å². The van der Waals surface area contributed by atoms with Crippen LogP contribution < -0.4 is 14.8 Å². The summed E-state index contributed by atoms with van der Waals surface area (Å²) in [6.07, 6.45) is 4.30. The van der Waals surface area contributed by atoms with E-state index in [1.54, 1.807) is 7.11 Å². The summed E-state index contributed by atoms with van der Waals surface area (Å²) in [6, 6.07) is 8.59. The minimum Gasteiger partial charge on any atom is -0.493 e. The molecule has 0 radical (unpaired) electrons. The van der Waals surface area contributed by atoms with Crippen LogP contribution in [0.25, 0.3) is 0 Å². The van der Waals surface area contributed by atoms with Gasteiger partial charge in [-0.3, -0.25) is 4.90 Å². The first-order valence-electron chi connectivity index (χ1n) is 10.4. The van der Waals surface area contributed by atoms with Gasteiger partial charge in [0.05, 0.1) is 13.7 Å². The normalized spacial score (nSPS) is 15.3. The van der Waals surface area contributed by atoms with Crippen molar-refractivity contribution in [2.45, 2.75) is 52.1 Å². The van der Waals surface area contributed by atoms with E-state index in [2.05, 4.69) is 39.2 Å². The van der Waals surface area contributed by atoms with Crippen LogP contribution in [-0.2, 0) is 6.54 Å². The number of likely N-dealkylation sites (tertiary alicyclic amines) is 1. The molecule has 1 N–H and O–H groups in total. The molecule has 29 heavy (non-hydrogen) atoms. The van der Waals surface area contributed by atoms with Crippen LogP contribution in [0.3, 0.4) is 0 Å². The predicted octanol–water partition coefficient (Wildman–Crippen LogP) is 4.70.